The molecule has 0 aliphatic rings. The molecule has 0 fully saturated rings. The zero-order valence-electron chi connectivity index (χ0n) is 19.4. The van der Waals surface area contributed by atoms with E-state index in [1.165, 1.54) is 36.0 Å². The molecule has 8 heteroatoms. The van der Waals surface area contributed by atoms with E-state index in [1.54, 1.807) is 18.2 Å². The number of aryl methyl sites for hydroxylation is 1. The third kappa shape index (κ3) is 6.37. The van der Waals surface area contributed by atoms with Crippen molar-refractivity contribution in [3.63, 3.8) is 0 Å². The zero-order chi connectivity index (χ0) is 25.5. The Kier molecular flexibility index (Phi) is 7.77. The predicted octanol–water partition coefficient (Wildman–Crippen LogP) is 6.63. The molecule has 0 spiro atoms. The highest BCUT2D eigenvalue weighted by atomic mass is 32.2. The topological polar surface area (TPSA) is 101 Å². The molecular formula is C28H23N3O4S. The van der Waals surface area contributed by atoms with Crippen LogP contribution in [0.2, 0.25) is 0 Å². The molecule has 4 aromatic rings. The molecule has 0 saturated heterocycles. The van der Waals surface area contributed by atoms with E-state index in [4.69, 9.17) is 0 Å². The van der Waals surface area contributed by atoms with Crippen LogP contribution < -0.4 is 10.6 Å². The predicted molar refractivity (Wildman–Crippen MR) is 142 cm³/mol. The largest absolute Gasteiger partial charge is 0.325 e. The van der Waals surface area contributed by atoms with Gasteiger partial charge >= 0.3 is 0 Å². The maximum atomic E-state index is 13.3. The molecule has 7 nitrogen and oxygen atoms in total. The highest BCUT2D eigenvalue weighted by Gasteiger charge is 2.22. The normalized spacial score (nSPS) is 11.4. The van der Waals surface area contributed by atoms with Crippen LogP contribution in [0.5, 0.6) is 0 Å². The number of carbonyl (C=O) groups excluding carboxylic acids is 2. The Balaban J connectivity index is 1.53. The van der Waals surface area contributed by atoms with Gasteiger partial charge in [-0.15, -0.1) is 11.8 Å². The molecule has 4 rings (SSSR count). The van der Waals surface area contributed by atoms with Crippen LogP contribution in [0.3, 0.4) is 0 Å². The summed E-state index contributed by atoms with van der Waals surface area (Å²) in [4.78, 5) is 37.2. The summed E-state index contributed by atoms with van der Waals surface area (Å²) in [5, 5.41) is 16.3. The Morgan fingerprint density at radius 3 is 2.25 bits per heavy atom. The van der Waals surface area contributed by atoms with E-state index in [0.29, 0.717) is 11.4 Å². The first-order chi connectivity index (χ1) is 17.4. The van der Waals surface area contributed by atoms with Crippen LogP contribution in [-0.4, -0.2) is 16.7 Å². The first-order valence-corrected chi connectivity index (χ1v) is 12.0. The second kappa shape index (κ2) is 11.3. The Morgan fingerprint density at radius 2 is 1.53 bits per heavy atom. The van der Waals surface area contributed by atoms with Gasteiger partial charge in [-0.3, -0.25) is 19.7 Å². The van der Waals surface area contributed by atoms with E-state index in [1.807, 2.05) is 67.6 Å². The van der Waals surface area contributed by atoms with Gasteiger partial charge in [-0.2, -0.15) is 0 Å². The Labute approximate surface area is 212 Å². The fraction of sp³-hybridized carbons (Fsp3) is 0.0714. The Bertz CT molecular complexity index is 1390. The average Bonchev–Trinajstić information content (AvgIpc) is 2.89. The number of thioether (sulfide) groups is 1. The van der Waals surface area contributed by atoms with E-state index >= 15 is 0 Å². The molecule has 1 atom stereocenters. The van der Waals surface area contributed by atoms with Crippen molar-refractivity contribution >= 4 is 40.6 Å². The molecule has 180 valence electrons. The van der Waals surface area contributed by atoms with Gasteiger partial charge in [-0.25, -0.2) is 0 Å². The number of carbonyl (C=O) groups is 2. The van der Waals surface area contributed by atoms with Crippen LogP contribution in [0.1, 0.15) is 26.7 Å². The molecule has 36 heavy (non-hydrogen) atoms. The molecule has 0 aromatic heterocycles. The summed E-state index contributed by atoms with van der Waals surface area (Å²) in [6.45, 7) is 1.99. The van der Waals surface area contributed by atoms with Crippen molar-refractivity contribution in [2.75, 3.05) is 10.6 Å². The van der Waals surface area contributed by atoms with Gasteiger partial charge in [-0.1, -0.05) is 60.2 Å². The number of hydrogen-bond acceptors (Lipinski definition) is 5. The van der Waals surface area contributed by atoms with Crippen molar-refractivity contribution < 1.29 is 14.5 Å². The van der Waals surface area contributed by atoms with Crippen molar-refractivity contribution in [1.82, 2.24) is 0 Å². The lowest BCUT2D eigenvalue weighted by atomic mass is 10.1. The summed E-state index contributed by atoms with van der Waals surface area (Å²) in [5.41, 5.74) is 3.20. The number of rotatable bonds is 8. The van der Waals surface area contributed by atoms with Crippen LogP contribution in [-0.2, 0) is 4.79 Å². The van der Waals surface area contributed by atoms with Gasteiger partial charge in [0.15, 0.2) is 0 Å². The molecule has 0 heterocycles. The Morgan fingerprint density at radius 1 is 0.806 bits per heavy atom. The number of amides is 2. The second-order valence-corrected chi connectivity index (χ2v) is 9.23. The van der Waals surface area contributed by atoms with Gasteiger partial charge in [0.25, 0.3) is 11.6 Å². The highest BCUT2D eigenvalue weighted by molar-refractivity contribution is 8.00. The standard InChI is InChI=1S/C28H23N3O4S/c1-19-13-15-22(16-14-19)29-28(33)26(20-7-3-2-4-8-20)36-25-12-6-10-23(18-25)30-27(32)21-9-5-11-24(17-21)31(34)35/h2-18,26H,1H3,(H,29,33)(H,30,32). The number of non-ortho nitro benzene ring substituents is 1. The number of nitrogens with one attached hydrogen (secondary N) is 2. The molecule has 0 aliphatic carbocycles. The molecular weight excluding hydrogens is 474 g/mol. The van der Waals surface area contributed by atoms with E-state index in [2.05, 4.69) is 10.6 Å². The average molecular weight is 498 g/mol. The van der Waals surface area contributed by atoms with E-state index < -0.39 is 16.1 Å². The minimum absolute atomic E-state index is 0.155. The third-order valence-corrected chi connectivity index (χ3v) is 6.57. The molecule has 4 aromatic carbocycles. The molecule has 1 unspecified atom stereocenters. The maximum Gasteiger partial charge on any atom is 0.270 e. The van der Waals surface area contributed by atoms with Crippen LogP contribution >= 0.6 is 11.8 Å². The molecule has 0 bridgehead atoms. The molecule has 0 aliphatic heterocycles. The van der Waals surface area contributed by atoms with Gasteiger partial charge in [0, 0.05) is 34.0 Å². The first-order valence-electron chi connectivity index (χ1n) is 11.1. The van der Waals surface area contributed by atoms with Crippen molar-refractivity contribution in [3.05, 3.63) is 130 Å². The molecule has 2 amide bonds. The summed E-state index contributed by atoms with van der Waals surface area (Å²) in [6.07, 6.45) is 0. The van der Waals surface area contributed by atoms with Gasteiger partial charge in [0.1, 0.15) is 5.25 Å². The SMILES string of the molecule is Cc1ccc(NC(=O)C(Sc2cccc(NC(=O)c3cccc([N+](=O)[O-])c3)c2)c2ccccc2)cc1. The van der Waals surface area contributed by atoms with Crippen molar-refractivity contribution in [2.24, 2.45) is 0 Å². The van der Waals surface area contributed by atoms with Crippen molar-refractivity contribution in [3.8, 4) is 0 Å². The number of benzene rings is 4. The lowest BCUT2D eigenvalue weighted by molar-refractivity contribution is -0.384. The van der Waals surface area contributed by atoms with E-state index in [0.717, 1.165) is 16.0 Å². The van der Waals surface area contributed by atoms with Gasteiger partial charge in [0.05, 0.1) is 4.92 Å². The third-order valence-electron chi connectivity index (χ3n) is 5.32. The fourth-order valence-electron chi connectivity index (χ4n) is 3.49. The van der Waals surface area contributed by atoms with Crippen LogP contribution in [0.15, 0.2) is 108 Å². The van der Waals surface area contributed by atoms with Crippen LogP contribution in [0.25, 0.3) is 0 Å². The zero-order valence-corrected chi connectivity index (χ0v) is 20.2. The lowest BCUT2D eigenvalue weighted by Gasteiger charge is -2.18. The smallest absolute Gasteiger partial charge is 0.270 e. The van der Waals surface area contributed by atoms with Gasteiger partial charge < -0.3 is 10.6 Å². The Hall–Kier alpha value is -4.43. The summed E-state index contributed by atoms with van der Waals surface area (Å²) < 4.78 is 0. The minimum Gasteiger partial charge on any atom is -0.325 e. The maximum absolute atomic E-state index is 13.3. The summed E-state index contributed by atoms with van der Waals surface area (Å²) in [7, 11) is 0. The van der Waals surface area contributed by atoms with Crippen molar-refractivity contribution in [2.45, 2.75) is 17.1 Å². The minimum atomic E-state index is -0.542. The summed E-state index contributed by atoms with van der Waals surface area (Å²) in [5.74, 6) is -0.626. The van der Waals surface area contributed by atoms with E-state index in [9.17, 15) is 19.7 Å². The summed E-state index contributed by atoms with van der Waals surface area (Å²) in [6, 6.07) is 29.8. The number of nitrogens with zero attached hydrogens (tertiary/aromatic N) is 1. The van der Waals surface area contributed by atoms with Gasteiger partial charge in [0.2, 0.25) is 5.91 Å². The lowest BCUT2D eigenvalue weighted by Crippen LogP contribution is -2.19. The van der Waals surface area contributed by atoms with Crippen LogP contribution in [0.4, 0.5) is 17.1 Å². The monoisotopic (exact) mass is 497 g/mol. The van der Waals surface area contributed by atoms with E-state index in [-0.39, 0.29) is 17.2 Å². The van der Waals surface area contributed by atoms with Gasteiger partial charge in [-0.05, 0) is 48.9 Å². The highest BCUT2D eigenvalue weighted by Crippen LogP contribution is 2.37. The number of hydrogen-bond donors (Lipinski definition) is 2. The summed E-state index contributed by atoms with van der Waals surface area (Å²) >= 11 is 1.36. The molecule has 0 saturated carbocycles. The fourth-order valence-corrected chi connectivity index (χ4v) is 4.58. The van der Waals surface area contributed by atoms with Crippen LogP contribution in [0, 0.1) is 17.0 Å². The number of anilines is 2. The molecule has 2 N–H and O–H groups in total. The number of nitro benzene ring substituents is 1. The quantitative estimate of drug-likeness (QED) is 0.162. The number of nitro groups is 1. The second-order valence-electron chi connectivity index (χ2n) is 8.05. The molecule has 0 radical (unpaired) electrons. The first kappa shape index (κ1) is 24.7. The van der Waals surface area contributed by atoms with Crippen molar-refractivity contribution in [1.29, 1.82) is 0 Å².